The van der Waals surface area contributed by atoms with Crippen LogP contribution in [0.5, 0.6) is 11.5 Å². The molecule has 170 valence electrons. The number of amides is 1. The summed E-state index contributed by atoms with van der Waals surface area (Å²) in [5, 5.41) is 13.6. The van der Waals surface area contributed by atoms with Crippen LogP contribution in [0.1, 0.15) is 35.1 Å². The van der Waals surface area contributed by atoms with Gasteiger partial charge in [-0.1, -0.05) is 13.0 Å². The molecule has 2 heterocycles. The van der Waals surface area contributed by atoms with Crippen molar-refractivity contribution < 1.29 is 24.2 Å². The highest BCUT2D eigenvalue weighted by atomic mass is 32.1. The number of fused-ring (bicyclic) bond motifs is 1. The summed E-state index contributed by atoms with van der Waals surface area (Å²) in [4.78, 5) is 41.9. The summed E-state index contributed by atoms with van der Waals surface area (Å²) >= 11 is 1.12. The summed E-state index contributed by atoms with van der Waals surface area (Å²) in [5.74, 6) is 0.165. The molecule has 0 atom stereocenters. The summed E-state index contributed by atoms with van der Waals surface area (Å²) in [6, 6.07) is 5.53. The molecule has 0 fully saturated rings. The number of carboxylic acids is 1. The van der Waals surface area contributed by atoms with Crippen molar-refractivity contribution in [2.45, 2.75) is 32.7 Å². The van der Waals surface area contributed by atoms with E-state index in [9.17, 15) is 19.5 Å². The van der Waals surface area contributed by atoms with Crippen molar-refractivity contribution in [1.29, 1.82) is 0 Å². The van der Waals surface area contributed by atoms with Gasteiger partial charge in [-0.2, -0.15) is 0 Å². The number of aromatic carboxylic acids is 1. The SMILES string of the molecule is CCCc1nc2scc(C(=O)O)c2c(=O)n1CC(=O)NCCc1ccc(OC)c(OC)c1. The number of carbonyl (C=O) groups is 2. The fourth-order valence-corrected chi connectivity index (χ4v) is 4.30. The van der Waals surface area contributed by atoms with Crippen LogP contribution in [-0.2, 0) is 24.2 Å². The first-order valence-corrected chi connectivity index (χ1v) is 11.0. The Hall–Kier alpha value is -3.40. The van der Waals surface area contributed by atoms with Gasteiger partial charge in [-0.05, 0) is 30.5 Å². The normalized spacial score (nSPS) is 10.8. The summed E-state index contributed by atoms with van der Waals surface area (Å²) in [5.41, 5.74) is 0.361. The van der Waals surface area contributed by atoms with Gasteiger partial charge in [0, 0.05) is 18.3 Å². The minimum absolute atomic E-state index is 0.0421. The lowest BCUT2D eigenvalue weighted by molar-refractivity contribution is -0.121. The van der Waals surface area contributed by atoms with Gasteiger partial charge in [0.25, 0.3) is 5.56 Å². The quantitative estimate of drug-likeness (QED) is 0.478. The summed E-state index contributed by atoms with van der Waals surface area (Å²) in [6.07, 6.45) is 1.80. The van der Waals surface area contributed by atoms with Crippen molar-refractivity contribution >= 4 is 33.4 Å². The van der Waals surface area contributed by atoms with Crippen LogP contribution < -0.4 is 20.3 Å². The topological polar surface area (TPSA) is 120 Å². The van der Waals surface area contributed by atoms with Crippen LogP contribution >= 0.6 is 11.3 Å². The molecular formula is C22H25N3O6S. The van der Waals surface area contributed by atoms with Crippen molar-refractivity contribution in [2.24, 2.45) is 0 Å². The maximum Gasteiger partial charge on any atom is 0.337 e. The Kier molecular flexibility index (Phi) is 7.47. The van der Waals surface area contributed by atoms with Crippen LogP contribution in [0.2, 0.25) is 0 Å². The van der Waals surface area contributed by atoms with Crippen molar-refractivity contribution in [3.05, 3.63) is 50.9 Å². The second kappa shape index (κ2) is 10.3. The van der Waals surface area contributed by atoms with Crippen molar-refractivity contribution in [3.63, 3.8) is 0 Å². The summed E-state index contributed by atoms with van der Waals surface area (Å²) < 4.78 is 11.8. The fraction of sp³-hybridized carbons (Fsp3) is 0.364. The zero-order valence-electron chi connectivity index (χ0n) is 18.1. The first-order chi connectivity index (χ1) is 15.4. The molecule has 2 N–H and O–H groups in total. The molecule has 0 saturated carbocycles. The van der Waals surface area contributed by atoms with Crippen LogP contribution in [0.4, 0.5) is 0 Å². The summed E-state index contributed by atoms with van der Waals surface area (Å²) in [7, 11) is 3.12. The lowest BCUT2D eigenvalue weighted by atomic mass is 10.1. The van der Waals surface area contributed by atoms with Gasteiger partial charge in [0.2, 0.25) is 5.91 Å². The number of nitrogens with zero attached hydrogens (tertiary/aromatic N) is 2. The third-order valence-electron chi connectivity index (χ3n) is 4.96. The molecule has 0 radical (unpaired) electrons. The Morgan fingerprint density at radius 1 is 1.19 bits per heavy atom. The second-order valence-electron chi connectivity index (χ2n) is 7.09. The number of rotatable bonds is 10. The predicted octanol–water partition coefficient (Wildman–Crippen LogP) is 2.48. The molecule has 3 rings (SSSR count). The Morgan fingerprint density at radius 3 is 2.59 bits per heavy atom. The highest BCUT2D eigenvalue weighted by molar-refractivity contribution is 7.17. The summed E-state index contributed by atoms with van der Waals surface area (Å²) in [6.45, 7) is 2.08. The molecular weight excluding hydrogens is 434 g/mol. The molecule has 3 aromatic rings. The lowest BCUT2D eigenvalue weighted by Gasteiger charge is -2.13. The molecule has 0 aliphatic carbocycles. The standard InChI is InChI=1S/C22H25N3O6S/c1-4-5-17-24-20-19(14(12-32-20)22(28)29)21(27)25(17)11-18(26)23-9-8-13-6-7-15(30-2)16(10-13)31-3/h6-7,10,12H,4-5,8-9,11H2,1-3H3,(H,23,26)(H,28,29). The van der Waals surface area contributed by atoms with Gasteiger partial charge in [0.1, 0.15) is 17.2 Å². The first kappa shape index (κ1) is 23.3. The zero-order chi connectivity index (χ0) is 23.3. The zero-order valence-corrected chi connectivity index (χ0v) is 19.0. The highest BCUT2D eigenvalue weighted by Gasteiger charge is 2.20. The van der Waals surface area contributed by atoms with Crippen LogP contribution in [0.25, 0.3) is 10.2 Å². The van der Waals surface area contributed by atoms with Gasteiger partial charge in [0.15, 0.2) is 11.5 Å². The van der Waals surface area contributed by atoms with E-state index >= 15 is 0 Å². The van der Waals surface area contributed by atoms with E-state index in [1.54, 1.807) is 20.3 Å². The van der Waals surface area contributed by atoms with Crippen molar-refractivity contribution in [2.75, 3.05) is 20.8 Å². The Bertz CT molecular complexity index is 1200. The van der Waals surface area contributed by atoms with E-state index in [1.807, 2.05) is 19.1 Å². The average Bonchev–Trinajstić information content (AvgIpc) is 3.21. The van der Waals surface area contributed by atoms with Gasteiger partial charge in [-0.3, -0.25) is 14.2 Å². The molecule has 32 heavy (non-hydrogen) atoms. The van der Waals surface area contributed by atoms with Crippen LogP contribution in [-0.4, -0.2) is 47.3 Å². The lowest BCUT2D eigenvalue weighted by Crippen LogP contribution is -2.35. The van der Waals surface area contributed by atoms with Crippen LogP contribution in [0.3, 0.4) is 0 Å². The maximum absolute atomic E-state index is 13.0. The smallest absolute Gasteiger partial charge is 0.337 e. The molecule has 1 amide bonds. The number of hydrogen-bond donors (Lipinski definition) is 2. The number of methoxy groups -OCH3 is 2. The van der Waals surface area contributed by atoms with E-state index in [4.69, 9.17) is 9.47 Å². The molecule has 2 aromatic heterocycles. The molecule has 9 nitrogen and oxygen atoms in total. The third-order valence-corrected chi connectivity index (χ3v) is 5.83. The van der Waals surface area contributed by atoms with Gasteiger partial charge >= 0.3 is 5.97 Å². The minimum Gasteiger partial charge on any atom is -0.493 e. The van der Waals surface area contributed by atoms with E-state index in [-0.39, 0.29) is 23.4 Å². The number of thiophene rings is 1. The second-order valence-corrected chi connectivity index (χ2v) is 7.95. The maximum atomic E-state index is 13.0. The van der Waals surface area contributed by atoms with Crippen LogP contribution in [0.15, 0.2) is 28.4 Å². The Labute approximate surface area is 188 Å². The number of carboxylic acid groups (broad SMARTS) is 1. The number of hydrogen-bond acceptors (Lipinski definition) is 7. The number of aryl methyl sites for hydroxylation is 1. The molecule has 0 aliphatic rings. The number of benzene rings is 1. The monoisotopic (exact) mass is 459 g/mol. The fourth-order valence-electron chi connectivity index (χ4n) is 3.38. The van der Waals surface area contributed by atoms with Crippen molar-refractivity contribution in [1.82, 2.24) is 14.9 Å². The highest BCUT2D eigenvalue weighted by Crippen LogP contribution is 2.27. The molecule has 10 heteroatoms. The predicted molar refractivity (Wildman–Crippen MR) is 121 cm³/mol. The third kappa shape index (κ3) is 4.91. The number of carbonyl (C=O) groups excluding carboxylic acids is 1. The van der Waals surface area contributed by atoms with E-state index in [0.717, 1.165) is 23.3 Å². The van der Waals surface area contributed by atoms with Gasteiger partial charge in [-0.15, -0.1) is 11.3 Å². The first-order valence-electron chi connectivity index (χ1n) is 10.1. The molecule has 0 bridgehead atoms. The number of ether oxygens (including phenoxy) is 2. The van der Waals surface area contributed by atoms with Gasteiger partial charge in [-0.25, -0.2) is 9.78 Å². The average molecular weight is 460 g/mol. The van der Waals surface area contributed by atoms with Gasteiger partial charge < -0.3 is 19.9 Å². The van der Waals surface area contributed by atoms with E-state index in [0.29, 0.717) is 41.5 Å². The van der Waals surface area contributed by atoms with Crippen LogP contribution in [0, 0.1) is 0 Å². The minimum atomic E-state index is -1.19. The van der Waals surface area contributed by atoms with Crippen molar-refractivity contribution in [3.8, 4) is 11.5 Å². The Morgan fingerprint density at radius 2 is 1.94 bits per heavy atom. The number of nitrogens with one attached hydrogen (secondary N) is 1. The molecule has 1 aromatic carbocycles. The van der Waals surface area contributed by atoms with E-state index in [1.165, 1.54) is 9.95 Å². The Balaban J connectivity index is 1.75. The van der Waals surface area contributed by atoms with Gasteiger partial charge in [0.05, 0.1) is 25.2 Å². The molecule has 0 saturated heterocycles. The molecule has 0 aliphatic heterocycles. The molecule has 0 unspecified atom stereocenters. The largest absolute Gasteiger partial charge is 0.493 e. The van der Waals surface area contributed by atoms with E-state index in [2.05, 4.69) is 10.3 Å². The van der Waals surface area contributed by atoms with E-state index < -0.39 is 11.5 Å². The molecule has 0 spiro atoms. The number of aromatic nitrogens is 2.